The van der Waals surface area contributed by atoms with E-state index in [2.05, 4.69) is 24.1 Å². The van der Waals surface area contributed by atoms with Crippen LogP contribution in [0.2, 0.25) is 0 Å². The minimum atomic E-state index is -0.253. The van der Waals surface area contributed by atoms with Crippen molar-refractivity contribution in [1.82, 2.24) is 10.2 Å². The number of carbonyl (C=O) groups excluding carboxylic acids is 1. The van der Waals surface area contributed by atoms with Gasteiger partial charge in [-0.05, 0) is 33.2 Å². The second kappa shape index (κ2) is 5.04. The monoisotopic (exact) mass is 226 g/mol. The normalized spacial score (nSPS) is 31.6. The molecule has 2 atom stereocenters. The van der Waals surface area contributed by atoms with Crippen molar-refractivity contribution in [3.05, 3.63) is 0 Å². The fourth-order valence-corrected chi connectivity index (χ4v) is 2.82. The molecule has 2 saturated heterocycles. The largest absolute Gasteiger partial charge is 0.444 e. The van der Waals surface area contributed by atoms with Crippen LogP contribution in [0.4, 0.5) is 4.79 Å². The summed E-state index contributed by atoms with van der Waals surface area (Å²) in [6.45, 7) is 6.37. The molecule has 2 aliphatic heterocycles. The van der Waals surface area contributed by atoms with E-state index in [0.29, 0.717) is 18.6 Å². The lowest BCUT2D eigenvalue weighted by Gasteiger charge is -2.39. The standard InChI is InChI=1S/C12H22N2O2/c1-9(2)14-6-4-3-5-10(14)7-11-8-13-12(15)16-11/h9-11H,3-8H2,1-2H3,(H,13,15). The summed E-state index contributed by atoms with van der Waals surface area (Å²) in [7, 11) is 0. The number of likely N-dealkylation sites (tertiary alicyclic amines) is 1. The highest BCUT2D eigenvalue weighted by Gasteiger charge is 2.31. The van der Waals surface area contributed by atoms with Crippen LogP contribution in [-0.2, 0) is 4.74 Å². The Labute approximate surface area is 97.3 Å². The van der Waals surface area contributed by atoms with E-state index in [1.165, 1.54) is 25.8 Å². The molecular weight excluding hydrogens is 204 g/mol. The number of nitrogens with one attached hydrogen (secondary N) is 1. The third-order valence-corrected chi connectivity index (χ3v) is 3.62. The van der Waals surface area contributed by atoms with Crippen molar-refractivity contribution in [2.45, 2.75) is 57.7 Å². The molecule has 0 saturated carbocycles. The van der Waals surface area contributed by atoms with Crippen molar-refractivity contribution in [3.63, 3.8) is 0 Å². The number of nitrogens with zero attached hydrogens (tertiary/aromatic N) is 1. The van der Waals surface area contributed by atoms with Crippen molar-refractivity contribution in [1.29, 1.82) is 0 Å². The molecule has 4 nitrogen and oxygen atoms in total. The molecule has 2 unspecified atom stereocenters. The maximum absolute atomic E-state index is 11.0. The molecule has 0 aromatic rings. The number of hydrogen-bond acceptors (Lipinski definition) is 3. The summed E-state index contributed by atoms with van der Waals surface area (Å²) in [5.74, 6) is 0. The smallest absolute Gasteiger partial charge is 0.407 e. The molecule has 2 rings (SSSR count). The van der Waals surface area contributed by atoms with Gasteiger partial charge in [-0.15, -0.1) is 0 Å². The molecule has 0 spiro atoms. The minimum Gasteiger partial charge on any atom is -0.444 e. The second-order valence-electron chi connectivity index (χ2n) is 5.13. The first-order valence-corrected chi connectivity index (χ1v) is 6.37. The maximum Gasteiger partial charge on any atom is 0.407 e. The molecule has 2 fully saturated rings. The Kier molecular flexibility index (Phi) is 3.69. The highest BCUT2D eigenvalue weighted by Crippen LogP contribution is 2.24. The predicted molar refractivity (Wildman–Crippen MR) is 62.4 cm³/mol. The van der Waals surface area contributed by atoms with Gasteiger partial charge in [0.2, 0.25) is 0 Å². The number of carbonyl (C=O) groups is 1. The van der Waals surface area contributed by atoms with Crippen LogP contribution in [0, 0.1) is 0 Å². The summed E-state index contributed by atoms with van der Waals surface area (Å²) in [6, 6.07) is 1.18. The maximum atomic E-state index is 11.0. The van der Waals surface area contributed by atoms with E-state index in [1.807, 2.05) is 0 Å². The highest BCUT2D eigenvalue weighted by atomic mass is 16.6. The van der Waals surface area contributed by atoms with Gasteiger partial charge < -0.3 is 10.1 Å². The van der Waals surface area contributed by atoms with Gasteiger partial charge >= 0.3 is 6.09 Å². The molecule has 1 amide bonds. The zero-order valence-electron chi connectivity index (χ0n) is 10.2. The Bertz CT molecular complexity index is 255. The number of ether oxygens (including phenoxy) is 1. The number of alkyl carbamates (subject to hydrolysis) is 1. The van der Waals surface area contributed by atoms with Crippen molar-refractivity contribution >= 4 is 6.09 Å². The van der Waals surface area contributed by atoms with E-state index >= 15 is 0 Å². The van der Waals surface area contributed by atoms with E-state index in [4.69, 9.17) is 4.74 Å². The average molecular weight is 226 g/mol. The lowest BCUT2D eigenvalue weighted by atomic mass is 9.95. The summed E-state index contributed by atoms with van der Waals surface area (Å²) in [6.07, 6.45) is 4.66. The van der Waals surface area contributed by atoms with Crippen molar-refractivity contribution in [2.24, 2.45) is 0 Å². The Hall–Kier alpha value is -0.770. The number of piperidine rings is 1. The molecule has 2 aliphatic rings. The van der Waals surface area contributed by atoms with Crippen LogP contribution < -0.4 is 5.32 Å². The average Bonchev–Trinajstić information content (AvgIpc) is 2.64. The minimum absolute atomic E-state index is 0.0804. The molecule has 0 aromatic heterocycles. The zero-order valence-corrected chi connectivity index (χ0v) is 10.2. The van der Waals surface area contributed by atoms with Gasteiger partial charge in [0, 0.05) is 18.5 Å². The highest BCUT2D eigenvalue weighted by molar-refractivity contribution is 5.69. The molecule has 0 radical (unpaired) electrons. The van der Waals surface area contributed by atoms with E-state index in [1.54, 1.807) is 0 Å². The van der Waals surface area contributed by atoms with E-state index in [-0.39, 0.29) is 12.2 Å². The fourth-order valence-electron chi connectivity index (χ4n) is 2.82. The molecule has 0 aliphatic carbocycles. The second-order valence-corrected chi connectivity index (χ2v) is 5.13. The van der Waals surface area contributed by atoms with Crippen LogP contribution in [0.15, 0.2) is 0 Å². The first-order chi connectivity index (χ1) is 7.66. The fraction of sp³-hybridized carbons (Fsp3) is 0.917. The Morgan fingerprint density at radius 3 is 2.94 bits per heavy atom. The van der Waals surface area contributed by atoms with Gasteiger partial charge in [0.25, 0.3) is 0 Å². The quantitative estimate of drug-likeness (QED) is 0.797. The number of amides is 1. The van der Waals surface area contributed by atoms with Crippen LogP contribution in [0.5, 0.6) is 0 Å². The number of cyclic esters (lactones) is 1. The van der Waals surface area contributed by atoms with E-state index in [9.17, 15) is 4.79 Å². The lowest BCUT2D eigenvalue weighted by Crippen LogP contribution is -2.45. The van der Waals surface area contributed by atoms with Gasteiger partial charge in [-0.2, -0.15) is 0 Å². The number of rotatable bonds is 3. The Morgan fingerprint density at radius 1 is 1.50 bits per heavy atom. The molecule has 0 aromatic carbocycles. The van der Waals surface area contributed by atoms with Gasteiger partial charge in [-0.3, -0.25) is 4.90 Å². The van der Waals surface area contributed by atoms with Gasteiger partial charge in [-0.1, -0.05) is 6.42 Å². The molecule has 2 heterocycles. The van der Waals surface area contributed by atoms with Crippen LogP contribution in [-0.4, -0.2) is 42.3 Å². The molecule has 1 N–H and O–H groups in total. The number of hydrogen-bond donors (Lipinski definition) is 1. The molecular formula is C12H22N2O2. The zero-order chi connectivity index (χ0) is 11.5. The summed E-state index contributed by atoms with van der Waals surface area (Å²) in [4.78, 5) is 13.5. The van der Waals surface area contributed by atoms with Gasteiger partial charge in [0.1, 0.15) is 6.10 Å². The van der Waals surface area contributed by atoms with Crippen molar-refractivity contribution < 1.29 is 9.53 Å². The topological polar surface area (TPSA) is 41.6 Å². The van der Waals surface area contributed by atoms with Gasteiger partial charge in [-0.25, -0.2) is 4.79 Å². The van der Waals surface area contributed by atoms with Crippen molar-refractivity contribution in [2.75, 3.05) is 13.1 Å². The molecule has 0 bridgehead atoms. The van der Waals surface area contributed by atoms with Crippen LogP contribution in [0.3, 0.4) is 0 Å². The first kappa shape index (κ1) is 11.7. The SMILES string of the molecule is CC(C)N1CCCCC1CC1CNC(=O)O1. The lowest BCUT2D eigenvalue weighted by molar-refractivity contribution is 0.0642. The van der Waals surface area contributed by atoms with Crippen LogP contribution >= 0.6 is 0 Å². The summed E-state index contributed by atoms with van der Waals surface area (Å²) in [5, 5.41) is 2.72. The van der Waals surface area contributed by atoms with Crippen LogP contribution in [0.25, 0.3) is 0 Å². The van der Waals surface area contributed by atoms with Crippen LogP contribution in [0.1, 0.15) is 39.5 Å². The van der Waals surface area contributed by atoms with E-state index < -0.39 is 0 Å². The van der Waals surface area contributed by atoms with E-state index in [0.717, 1.165) is 6.42 Å². The summed E-state index contributed by atoms with van der Waals surface area (Å²) in [5.41, 5.74) is 0. The molecule has 4 heteroatoms. The summed E-state index contributed by atoms with van der Waals surface area (Å²) >= 11 is 0. The van der Waals surface area contributed by atoms with Crippen molar-refractivity contribution in [3.8, 4) is 0 Å². The van der Waals surface area contributed by atoms with Gasteiger partial charge in [0.05, 0.1) is 6.54 Å². The Balaban J connectivity index is 1.88. The third-order valence-electron chi connectivity index (χ3n) is 3.62. The summed E-state index contributed by atoms with van der Waals surface area (Å²) < 4.78 is 5.22. The van der Waals surface area contributed by atoms with Gasteiger partial charge in [0.15, 0.2) is 0 Å². The first-order valence-electron chi connectivity index (χ1n) is 6.37. The third kappa shape index (κ3) is 2.67. The Morgan fingerprint density at radius 2 is 2.31 bits per heavy atom. The molecule has 16 heavy (non-hydrogen) atoms. The predicted octanol–water partition coefficient (Wildman–Crippen LogP) is 1.75. The molecule has 92 valence electrons.